The van der Waals surface area contributed by atoms with E-state index in [1.54, 1.807) is 7.11 Å². The maximum atomic E-state index is 12.9. The van der Waals surface area contributed by atoms with E-state index in [-0.39, 0.29) is 30.6 Å². The van der Waals surface area contributed by atoms with E-state index in [1.807, 2.05) is 49.2 Å². The minimum absolute atomic E-state index is 0.00675. The van der Waals surface area contributed by atoms with Crippen LogP contribution in [-0.4, -0.2) is 55.9 Å². The van der Waals surface area contributed by atoms with Gasteiger partial charge in [-0.3, -0.25) is 0 Å². The Kier molecular flexibility index (Phi) is 6.57. The van der Waals surface area contributed by atoms with Crippen LogP contribution in [0, 0.1) is 17.8 Å². The number of ether oxygens (including phenoxy) is 1. The fourth-order valence-electron chi connectivity index (χ4n) is 4.91. The molecule has 2 aromatic carbocycles. The van der Waals surface area contributed by atoms with Crippen LogP contribution >= 0.6 is 0 Å². The maximum absolute atomic E-state index is 12.9. The molecule has 6 heteroatoms. The van der Waals surface area contributed by atoms with Crippen LogP contribution in [0.25, 0.3) is 0 Å². The summed E-state index contributed by atoms with van der Waals surface area (Å²) < 4.78 is 5.21. The highest BCUT2D eigenvalue weighted by Crippen LogP contribution is 2.48. The molecule has 0 aromatic heterocycles. The number of urea groups is 1. The first kappa shape index (κ1) is 22.0. The number of likely N-dealkylation sites (N-methyl/N-ethyl adjacent to an activating group) is 1. The number of aliphatic hydroxyl groups is 1. The highest BCUT2D eigenvalue weighted by atomic mass is 16.5. The topological polar surface area (TPSA) is 65.0 Å². The van der Waals surface area contributed by atoms with E-state index in [1.165, 1.54) is 0 Å². The first-order chi connectivity index (χ1) is 15.6. The third kappa shape index (κ3) is 4.13. The van der Waals surface area contributed by atoms with E-state index in [2.05, 4.69) is 34.2 Å². The van der Waals surface area contributed by atoms with E-state index in [9.17, 15) is 9.90 Å². The number of fused-ring (bicyclic) bond motifs is 3. The van der Waals surface area contributed by atoms with Crippen LogP contribution in [-0.2, 0) is 0 Å². The van der Waals surface area contributed by atoms with Gasteiger partial charge >= 0.3 is 6.03 Å². The first-order valence-electron chi connectivity index (χ1n) is 11.3. The Hall–Kier alpha value is -3.17. The molecule has 0 bridgehead atoms. The minimum Gasteiger partial charge on any atom is -0.497 e. The molecule has 2 aliphatic rings. The largest absolute Gasteiger partial charge is 0.497 e. The number of nitrogens with zero attached hydrogens (tertiary/aromatic N) is 2. The smallest absolute Gasteiger partial charge is 0.317 e. The zero-order valence-electron chi connectivity index (χ0n) is 19.0. The van der Waals surface area contributed by atoms with Gasteiger partial charge in [-0.2, -0.15) is 0 Å². The molecule has 2 aliphatic heterocycles. The molecule has 168 valence electrons. The van der Waals surface area contributed by atoms with Gasteiger partial charge in [-0.15, -0.1) is 0 Å². The van der Waals surface area contributed by atoms with Crippen LogP contribution in [0.3, 0.4) is 0 Å². The molecule has 0 aliphatic carbocycles. The van der Waals surface area contributed by atoms with E-state index in [4.69, 9.17) is 4.74 Å². The monoisotopic (exact) mass is 433 g/mol. The fourth-order valence-corrected chi connectivity index (χ4v) is 4.91. The Morgan fingerprint density at radius 1 is 1.19 bits per heavy atom. The van der Waals surface area contributed by atoms with Crippen LogP contribution in [0.2, 0.25) is 0 Å². The van der Waals surface area contributed by atoms with Crippen LogP contribution in [0.4, 0.5) is 10.5 Å². The third-order valence-corrected chi connectivity index (χ3v) is 6.58. The van der Waals surface area contributed by atoms with Crippen molar-refractivity contribution in [3.63, 3.8) is 0 Å². The van der Waals surface area contributed by atoms with Crippen molar-refractivity contribution in [2.45, 2.75) is 31.8 Å². The number of aliphatic hydroxyl groups excluding tert-OH is 1. The maximum Gasteiger partial charge on any atom is 0.317 e. The van der Waals surface area contributed by atoms with Crippen molar-refractivity contribution in [2.75, 3.05) is 38.8 Å². The van der Waals surface area contributed by atoms with E-state index < -0.39 is 0 Å². The average Bonchev–Trinajstić information content (AvgIpc) is 3.27. The second kappa shape index (κ2) is 9.54. The van der Waals surface area contributed by atoms with Crippen LogP contribution < -0.4 is 15.0 Å². The summed E-state index contributed by atoms with van der Waals surface area (Å²) in [6.07, 6.45) is 1.78. The molecule has 2 amide bonds. The highest BCUT2D eigenvalue weighted by Gasteiger charge is 2.47. The molecule has 1 fully saturated rings. The van der Waals surface area contributed by atoms with Gasteiger partial charge in [-0.1, -0.05) is 18.8 Å². The lowest BCUT2D eigenvalue weighted by molar-refractivity contribution is 0.161. The van der Waals surface area contributed by atoms with Gasteiger partial charge in [0.15, 0.2) is 0 Å². The zero-order valence-corrected chi connectivity index (χ0v) is 19.0. The highest BCUT2D eigenvalue weighted by molar-refractivity contribution is 5.76. The molecule has 2 N–H and O–H groups in total. The van der Waals surface area contributed by atoms with Crippen molar-refractivity contribution >= 4 is 11.7 Å². The number of anilines is 1. The van der Waals surface area contributed by atoms with Gasteiger partial charge in [0, 0.05) is 42.9 Å². The van der Waals surface area contributed by atoms with Crippen molar-refractivity contribution in [2.24, 2.45) is 5.92 Å². The summed E-state index contributed by atoms with van der Waals surface area (Å²) in [4.78, 5) is 17.0. The second-order valence-corrected chi connectivity index (χ2v) is 8.44. The fraction of sp³-hybridized carbons (Fsp3) is 0.423. The summed E-state index contributed by atoms with van der Waals surface area (Å²) in [7, 11) is 3.67. The molecule has 0 saturated carbocycles. The Bertz CT molecular complexity index is 1020. The summed E-state index contributed by atoms with van der Waals surface area (Å²) in [5.41, 5.74) is 3.98. The molecule has 0 spiro atoms. The van der Waals surface area contributed by atoms with E-state index in [0.29, 0.717) is 13.1 Å². The van der Waals surface area contributed by atoms with Gasteiger partial charge in [-0.05, 0) is 60.9 Å². The van der Waals surface area contributed by atoms with Gasteiger partial charge in [0.25, 0.3) is 0 Å². The Labute approximate surface area is 190 Å². The molecule has 1 saturated heterocycles. The number of likely N-dealkylation sites (tertiary alicyclic amines) is 1. The number of methoxy groups -OCH3 is 1. The van der Waals surface area contributed by atoms with Crippen molar-refractivity contribution in [1.82, 2.24) is 10.2 Å². The molecular weight excluding hydrogens is 402 g/mol. The van der Waals surface area contributed by atoms with E-state index in [0.717, 1.165) is 41.0 Å². The predicted octanol–water partition coefficient (Wildman–Crippen LogP) is 3.39. The minimum atomic E-state index is -0.0575. The number of carbonyl (C=O) groups excluding carboxylic acids is 1. The Morgan fingerprint density at radius 3 is 2.59 bits per heavy atom. The van der Waals surface area contributed by atoms with Crippen LogP contribution in [0.15, 0.2) is 42.5 Å². The number of carbonyl (C=O) groups is 1. The van der Waals surface area contributed by atoms with Crippen molar-refractivity contribution in [3.8, 4) is 17.6 Å². The molecule has 6 nitrogen and oxygen atoms in total. The molecule has 2 heterocycles. The van der Waals surface area contributed by atoms with Crippen molar-refractivity contribution < 1.29 is 14.6 Å². The normalized spacial score (nSPS) is 21.3. The molecule has 2 aromatic rings. The van der Waals surface area contributed by atoms with Gasteiger partial charge < -0.3 is 25.0 Å². The molecule has 0 unspecified atom stereocenters. The summed E-state index contributed by atoms with van der Waals surface area (Å²) in [5.74, 6) is 7.48. The summed E-state index contributed by atoms with van der Waals surface area (Å²) in [6.45, 7) is 3.47. The first-order valence-corrected chi connectivity index (χ1v) is 11.3. The second-order valence-electron chi connectivity index (χ2n) is 8.44. The lowest BCUT2D eigenvalue weighted by Gasteiger charge is -2.44. The van der Waals surface area contributed by atoms with Gasteiger partial charge in [0.2, 0.25) is 0 Å². The molecule has 0 radical (unpaired) electrons. The molecule has 32 heavy (non-hydrogen) atoms. The zero-order chi connectivity index (χ0) is 22.7. The predicted molar refractivity (Wildman–Crippen MR) is 126 cm³/mol. The summed E-state index contributed by atoms with van der Waals surface area (Å²) in [5, 5.41) is 13.1. The number of hydrogen-bond donors (Lipinski definition) is 2. The average molecular weight is 434 g/mol. The molecule has 3 atom stereocenters. The summed E-state index contributed by atoms with van der Waals surface area (Å²) in [6, 6.07) is 13.8. The number of amides is 2. The lowest BCUT2D eigenvalue weighted by Crippen LogP contribution is -2.49. The Balaban J connectivity index is 1.68. The van der Waals surface area contributed by atoms with Crippen molar-refractivity contribution in [1.29, 1.82) is 0 Å². The van der Waals surface area contributed by atoms with Crippen molar-refractivity contribution in [3.05, 3.63) is 59.2 Å². The number of benzene rings is 2. The third-order valence-electron chi connectivity index (χ3n) is 6.58. The van der Waals surface area contributed by atoms with Gasteiger partial charge in [0.1, 0.15) is 5.75 Å². The van der Waals surface area contributed by atoms with Crippen LogP contribution in [0.1, 0.15) is 42.5 Å². The number of hydrogen-bond acceptors (Lipinski definition) is 4. The molecular formula is C26H31N3O3. The standard InChI is InChI=1S/C26H31N3O3/c1-4-14-27-26(31)29-15-13-21-24(17-30)28(2)23-12-9-19(16-22(23)25(21)29)6-5-18-7-10-20(32-3)11-8-18/h7-12,16,21,24-25,30H,4,13-15,17H2,1-3H3,(H,27,31)/t21-,24+,25-/m0/s1. The SMILES string of the molecule is CCCNC(=O)N1CC[C@@H]2[C@H]1c1cc(C#Cc3ccc(OC)cc3)ccc1N(C)[C@@H]2CO. The lowest BCUT2D eigenvalue weighted by atomic mass is 9.81. The Morgan fingerprint density at radius 2 is 1.91 bits per heavy atom. The summed E-state index contributed by atoms with van der Waals surface area (Å²) >= 11 is 0. The number of nitrogens with one attached hydrogen (secondary N) is 1. The quantitative estimate of drug-likeness (QED) is 0.726. The number of rotatable bonds is 4. The van der Waals surface area contributed by atoms with Gasteiger partial charge in [-0.25, -0.2) is 4.79 Å². The van der Waals surface area contributed by atoms with Gasteiger partial charge in [0.05, 0.1) is 25.8 Å². The van der Waals surface area contributed by atoms with E-state index >= 15 is 0 Å². The molecule has 4 rings (SSSR count). The van der Waals surface area contributed by atoms with Crippen LogP contribution in [0.5, 0.6) is 5.75 Å².